The zero-order valence-electron chi connectivity index (χ0n) is 19.4. The van der Waals surface area contributed by atoms with Gasteiger partial charge in [-0.05, 0) is 55.0 Å². The summed E-state index contributed by atoms with van der Waals surface area (Å²) in [5.74, 6) is 0.964. The van der Waals surface area contributed by atoms with Gasteiger partial charge in [0.15, 0.2) is 6.10 Å². The van der Waals surface area contributed by atoms with Crippen LogP contribution in [0.5, 0.6) is 5.75 Å². The Balaban J connectivity index is 1.48. The molecule has 3 aromatic carbocycles. The Morgan fingerprint density at radius 1 is 0.943 bits per heavy atom. The molecular formula is C28H25NO5S. The molecule has 35 heavy (non-hydrogen) atoms. The molecule has 2 heterocycles. The van der Waals surface area contributed by atoms with Gasteiger partial charge in [-0.25, -0.2) is 4.21 Å². The fraction of sp³-hybridized carbons (Fsp3) is 0.179. The molecule has 1 aliphatic heterocycles. The Bertz CT molecular complexity index is 1330. The highest BCUT2D eigenvalue weighted by molar-refractivity contribution is 7.85. The molecule has 0 spiro atoms. The number of ether oxygens (including phenoxy) is 2. The van der Waals surface area contributed by atoms with Crippen molar-refractivity contribution < 1.29 is 22.9 Å². The molecule has 4 aromatic rings. The Morgan fingerprint density at radius 2 is 1.66 bits per heavy atom. The molecule has 0 saturated carbocycles. The maximum atomic E-state index is 13.5. The van der Waals surface area contributed by atoms with Gasteiger partial charge < -0.3 is 13.9 Å². The van der Waals surface area contributed by atoms with Gasteiger partial charge in [0, 0.05) is 10.6 Å². The summed E-state index contributed by atoms with van der Waals surface area (Å²) in [5, 5.41) is 0. The molecule has 0 aliphatic carbocycles. The highest BCUT2D eigenvalue weighted by Gasteiger charge is 2.53. The molecule has 5 rings (SSSR count). The van der Waals surface area contributed by atoms with E-state index in [2.05, 4.69) is 0 Å². The molecule has 1 aliphatic rings. The zero-order chi connectivity index (χ0) is 24.4. The third kappa shape index (κ3) is 4.52. The van der Waals surface area contributed by atoms with Crippen molar-refractivity contribution in [1.82, 2.24) is 0 Å². The number of carbonyl (C=O) groups excluding carboxylic acids is 1. The van der Waals surface area contributed by atoms with Crippen LogP contribution in [0.2, 0.25) is 0 Å². The molecule has 3 atom stereocenters. The van der Waals surface area contributed by atoms with Crippen LogP contribution in [0.4, 0.5) is 5.69 Å². The predicted molar refractivity (Wildman–Crippen MR) is 133 cm³/mol. The van der Waals surface area contributed by atoms with Crippen molar-refractivity contribution in [3.63, 3.8) is 0 Å². The summed E-state index contributed by atoms with van der Waals surface area (Å²) in [4.78, 5) is 16.1. The number of β-lactam (4-membered cyclic amide) rings is 1. The van der Waals surface area contributed by atoms with E-state index in [-0.39, 0.29) is 12.5 Å². The van der Waals surface area contributed by atoms with E-state index in [0.717, 1.165) is 11.1 Å². The standard InChI is InChI=1S/C28H25NO5S/c1-19-8-14-23(15-9-19)35(31)24-16-17-33-26(24)25-27(34-18-20-6-4-3-5-7-20)28(30)29(25)21-10-12-22(32-2)13-11-21/h3-17,25,27H,18H2,1-2H3/t25-,27+,35?/m0/s1. The lowest BCUT2D eigenvalue weighted by molar-refractivity contribution is -0.144. The second-order valence-electron chi connectivity index (χ2n) is 8.30. The van der Waals surface area contributed by atoms with Gasteiger partial charge in [-0.15, -0.1) is 0 Å². The molecule has 0 N–H and O–H groups in total. The number of benzene rings is 3. The fourth-order valence-corrected chi connectivity index (χ4v) is 5.31. The number of hydrogen-bond donors (Lipinski definition) is 0. The third-order valence-corrected chi connectivity index (χ3v) is 7.47. The monoisotopic (exact) mass is 487 g/mol. The number of aryl methyl sites for hydroxylation is 1. The van der Waals surface area contributed by atoms with Crippen molar-refractivity contribution in [3.05, 3.63) is 108 Å². The number of amides is 1. The van der Waals surface area contributed by atoms with Gasteiger partial charge in [0.1, 0.15) is 17.6 Å². The van der Waals surface area contributed by atoms with E-state index in [1.807, 2.05) is 73.7 Å². The molecular weight excluding hydrogens is 462 g/mol. The van der Waals surface area contributed by atoms with Crippen molar-refractivity contribution in [2.24, 2.45) is 0 Å². The van der Waals surface area contributed by atoms with Crippen LogP contribution in [0.1, 0.15) is 22.9 Å². The maximum Gasteiger partial charge on any atom is 0.259 e. The van der Waals surface area contributed by atoms with Crippen LogP contribution in [0.3, 0.4) is 0 Å². The lowest BCUT2D eigenvalue weighted by atomic mass is 9.94. The molecule has 1 aromatic heterocycles. The van der Waals surface area contributed by atoms with Gasteiger partial charge in [-0.2, -0.15) is 0 Å². The van der Waals surface area contributed by atoms with E-state index in [9.17, 15) is 9.00 Å². The first kappa shape index (κ1) is 23.1. The number of hydrogen-bond acceptors (Lipinski definition) is 5. The van der Waals surface area contributed by atoms with E-state index in [0.29, 0.717) is 27.0 Å². The van der Waals surface area contributed by atoms with Crippen LogP contribution in [0.15, 0.2) is 105 Å². The van der Waals surface area contributed by atoms with Gasteiger partial charge in [0.25, 0.3) is 5.91 Å². The molecule has 1 fully saturated rings. The Morgan fingerprint density at radius 3 is 2.34 bits per heavy atom. The highest BCUT2D eigenvalue weighted by Crippen LogP contribution is 2.44. The fourth-order valence-electron chi connectivity index (χ4n) is 4.14. The number of furan rings is 1. The van der Waals surface area contributed by atoms with Crippen LogP contribution in [-0.2, 0) is 26.9 Å². The van der Waals surface area contributed by atoms with Crippen molar-refractivity contribution in [2.45, 2.75) is 35.5 Å². The minimum absolute atomic E-state index is 0.181. The number of anilines is 1. The van der Waals surface area contributed by atoms with Crippen LogP contribution in [0, 0.1) is 6.92 Å². The summed E-state index contributed by atoms with van der Waals surface area (Å²) in [6.45, 7) is 2.26. The van der Waals surface area contributed by atoms with Crippen LogP contribution < -0.4 is 9.64 Å². The maximum absolute atomic E-state index is 13.5. The van der Waals surface area contributed by atoms with Gasteiger partial charge in [-0.3, -0.25) is 9.69 Å². The normalized spacial score (nSPS) is 18.2. The zero-order valence-corrected chi connectivity index (χ0v) is 20.2. The van der Waals surface area contributed by atoms with Crippen LogP contribution in [-0.4, -0.2) is 23.3 Å². The van der Waals surface area contributed by atoms with E-state index in [1.54, 1.807) is 30.2 Å². The smallest absolute Gasteiger partial charge is 0.259 e. The molecule has 1 unspecified atom stereocenters. The Kier molecular flexibility index (Phi) is 6.53. The van der Waals surface area contributed by atoms with E-state index in [1.165, 1.54) is 6.26 Å². The Labute approximate surface area is 206 Å². The SMILES string of the molecule is COc1ccc(N2C(=O)[C@H](OCc3ccccc3)[C@@H]2c2occc2S(=O)c2ccc(C)cc2)cc1. The third-order valence-electron chi connectivity index (χ3n) is 6.03. The number of rotatable bonds is 8. The first-order valence-corrected chi connectivity index (χ1v) is 12.4. The summed E-state index contributed by atoms with van der Waals surface area (Å²) in [5.41, 5.74) is 2.73. The predicted octanol–water partition coefficient (Wildman–Crippen LogP) is 5.44. The number of methoxy groups -OCH3 is 1. The van der Waals surface area contributed by atoms with Gasteiger partial charge >= 0.3 is 0 Å². The van der Waals surface area contributed by atoms with Crippen molar-refractivity contribution in [2.75, 3.05) is 12.0 Å². The second-order valence-corrected chi connectivity index (χ2v) is 9.75. The van der Waals surface area contributed by atoms with Crippen LogP contribution >= 0.6 is 0 Å². The minimum Gasteiger partial charge on any atom is -0.497 e. The molecule has 1 amide bonds. The summed E-state index contributed by atoms with van der Waals surface area (Å²) < 4.78 is 30.7. The van der Waals surface area contributed by atoms with E-state index >= 15 is 0 Å². The van der Waals surface area contributed by atoms with E-state index < -0.39 is 22.9 Å². The van der Waals surface area contributed by atoms with Gasteiger partial charge in [0.05, 0.1) is 35.7 Å². The minimum atomic E-state index is -1.47. The summed E-state index contributed by atoms with van der Waals surface area (Å²) in [7, 11) is 0.119. The van der Waals surface area contributed by atoms with Crippen LogP contribution in [0.25, 0.3) is 0 Å². The quantitative estimate of drug-likeness (QED) is 0.310. The van der Waals surface area contributed by atoms with Crippen molar-refractivity contribution in [1.29, 1.82) is 0 Å². The molecule has 6 nitrogen and oxygen atoms in total. The summed E-state index contributed by atoms with van der Waals surface area (Å²) >= 11 is 0. The molecule has 7 heteroatoms. The lowest BCUT2D eigenvalue weighted by Crippen LogP contribution is -2.60. The van der Waals surface area contributed by atoms with Gasteiger partial charge in [0.2, 0.25) is 0 Å². The van der Waals surface area contributed by atoms with Gasteiger partial charge in [-0.1, -0.05) is 48.0 Å². The average molecular weight is 488 g/mol. The summed E-state index contributed by atoms with van der Waals surface area (Å²) in [6.07, 6.45) is 0.747. The number of nitrogens with zero attached hydrogens (tertiary/aromatic N) is 1. The average Bonchev–Trinajstić information content (AvgIpc) is 3.37. The van der Waals surface area contributed by atoms with E-state index in [4.69, 9.17) is 13.9 Å². The molecule has 0 radical (unpaired) electrons. The Hall–Kier alpha value is -3.68. The highest BCUT2D eigenvalue weighted by atomic mass is 32.2. The molecule has 178 valence electrons. The second kappa shape index (κ2) is 9.90. The first-order valence-electron chi connectivity index (χ1n) is 11.3. The van der Waals surface area contributed by atoms with Crippen molar-refractivity contribution in [3.8, 4) is 5.75 Å². The summed E-state index contributed by atoms with van der Waals surface area (Å²) in [6, 6.07) is 25.6. The topological polar surface area (TPSA) is 69.0 Å². The largest absolute Gasteiger partial charge is 0.497 e. The lowest BCUT2D eigenvalue weighted by Gasteiger charge is -2.45. The number of carbonyl (C=O) groups is 1. The molecule has 1 saturated heterocycles. The molecule has 0 bridgehead atoms. The van der Waals surface area contributed by atoms with Crippen molar-refractivity contribution >= 4 is 22.4 Å². The first-order chi connectivity index (χ1) is 17.1.